The van der Waals surface area contributed by atoms with Crippen LogP contribution in [0.3, 0.4) is 0 Å². The lowest BCUT2D eigenvalue weighted by molar-refractivity contribution is -0.378. The van der Waals surface area contributed by atoms with Crippen LogP contribution in [-0.4, -0.2) is 178 Å². The SMILES string of the molecule is C[C@@H]1O[C@@H](O[C@@H]2CCCOC2)[C@H](O)[C@H](O[C@@H]2O[C@H](CO)[C@@H](O)[C@H](O)[C@H]2O)[C@H]1O[C@H]1C[C@@H](O[C@H]2C[C@@H](O)[C@H](O)CO2)[C@H](O)CO1. The quantitative estimate of drug-likeness (QED) is 0.119. The summed E-state index contributed by atoms with van der Waals surface area (Å²) in [4.78, 5) is 0. The predicted molar refractivity (Wildman–Crippen MR) is 140 cm³/mol. The molecule has 0 aromatic heterocycles. The van der Waals surface area contributed by atoms with Crippen molar-refractivity contribution in [3.63, 3.8) is 0 Å². The maximum atomic E-state index is 11.4. The van der Waals surface area contributed by atoms with Gasteiger partial charge in [-0.05, 0) is 19.8 Å². The maximum absolute atomic E-state index is 11.4. The molecule has 5 rings (SSSR count). The molecule has 0 saturated carbocycles. The van der Waals surface area contributed by atoms with Crippen LogP contribution in [-0.2, 0) is 42.6 Å². The zero-order chi connectivity index (χ0) is 31.5. The highest BCUT2D eigenvalue weighted by Crippen LogP contribution is 2.34. The second-order valence-electron chi connectivity index (χ2n) is 11.9. The van der Waals surface area contributed by atoms with Gasteiger partial charge in [-0.2, -0.15) is 0 Å². The number of rotatable bonds is 9. The lowest BCUT2D eigenvalue weighted by Gasteiger charge is -2.48. The number of ether oxygens (including phenoxy) is 9. The summed E-state index contributed by atoms with van der Waals surface area (Å²) in [5.74, 6) is 0. The van der Waals surface area contributed by atoms with Gasteiger partial charge in [-0.25, -0.2) is 0 Å². The standard InChI is InChI=1S/C27H46O17/c1-11-24(43-19-6-16(15(31)10-38-19)41-18-5-13(29)14(30)9-37-18)25(23(35)27(39-11)40-12-3-2-4-36-8-12)44-26-22(34)21(33)20(32)17(7-28)42-26/h11-35H,2-10H2,1H3/t11-,12+,13+,14+,15+,16+,17+,18-,19-,20+,21-,22+,23+,24-,25-,26-,27-/m0/s1. The highest BCUT2D eigenvalue weighted by Gasteiger charge is 2.52. The monoisotopic (exact) mass is 642 g/mol. The fourth-order valence-electron chi connectivity index (χ4n) is 5.96. The average molecular weight is 643 g/mol. The van der Waals surface area contributed by atoms with Crippen LogP contribution in [0.4, 0.5) is 0 Å². The van der Waals surface area contributed by atoms with Crippen molar-refractivity contribution in [1.82, 2.24) is 0 Å². The van der Waals surface area contributed by atoms with Crippen LogP contribution in [0.15, 0.2) is 0 Å². The van der Waals surface area contributed by atoms with Crippen LogP contribution in [0.5, 0.6) is 0 Å². The van der Waals surface area contributed by atoms with Gasteiger partial charge in [0, 0.05) is 19.4 Å². The Morgan fingerprint density at radius 2 is 1.36 bits per heavy atom. The Morgan fingerprint density at radius 3 is 2.05 bits per heavy atom. The van der Waals surface area contributed by atoms with Gasteiger partial charge in [-0.1, -0.05) is 0 Å². The summed E-state index contributed by atoms with van der Waals surface area (Å²) in [5, 5.41) is 82.4. The zero-order valence-corrected chi connectivity index (χ0v) is 24.4. The summed E-state index contributed by atoms with van der Waals surface area (Å²) < 4.78 is 52.2. The Hall–Kier alpha value is -0.680. The van der Waals surface area contributed by atoms with Crippen LogP contribution in [0.2, 0.25) is 0 Å². The number of aliphatic hydroxyl groups is 8. The molecule has 0 spiro atoms. The fourth-order valence-corrected chi connectivity index (χ4v) is 5.96. The summed E-state index contributed by atoms with van der Waals surface area (Å²) in [6, 6.07) is 0. The second kappa shape index (κ2) is 15.5. The first-order valence-corrected chi connectivity index (χ1v) is 15.2. The first-order chi connectivity index (χ1) is 21.0. The van der Waals surface area contributed by atoms with Crippen molar-refractivity contribution in [2.24, 2.45) is 0 Å². The van der Waals surface area contributed by atoms with E-state index in [9.17, 15) is 40.9 Å². The van der Waals surface area contributed by atoms with Crippen LogP contribution in [0.1, 0.15) is 32.6 Å². The first-order valence-electron chi connectivity index (χ1n) is 15.2. The lowest BCUT2D eigenvalue weighted by atomic mass is 9.96. The number of hydrogen-bond donors (Lipinski definition) is 8. The molecule has 5 heterocycles. The van der Waals surface area contributed by atoms with Crippen molar-refractivity contribution in [2.45, 2.75) is 137 Å². The van der Waals surface area contributed by atoms with Gasteiger partial charge in [0.15, 0.2) is 25.2 Å². The Balaban J connectivity index is 1.29. The Kier molecular flexibility index (Phi) is 12.2. The van der Waals surface area contributed by atoms with Crippen LogP contribution >= 0.6 is 0 Å². The molecule has 8 N–H and O–H groups in total. The van der Waals surface area contributed by atoms with Gasteiger partial charge in [0.25, 0.3) is 0 Å². The molecular weight excluding hydrogens is 596 g/mol. The van der Waals surface area contributed by atoms with Gasteiger partial charge in [-0.15, -0.1) is 0 Å². The molecule has 44 heavy (non-hydrogen) atoms. The molecule has 0 amide bonds. The minimum atomic E-state index is -1.74. The van der Waals surface area contributed by atoms with E-state index in [1.807, 2.05) is 0 Å². The summed E-state index contributed by atoms with van der Waals surface area (Å²) in [6.45, 7) is 1.57. The van der Waals surface area contributed by atoms with Gasteiger partial charge in [0.1, 0.15) is 54.9 Å². The summed E-state index contributed by atoms with van der Waals surface area (Å²) in [7, 11) is 0. The molecule has 0 bridgehead atoms. The minimum absolute atomic E-state index is 0.00110. The van der Waals surface area contributed by atoms with Gasteiger partial charge in [0.2, 0.25) is 0 Å². The van der Waals surface area contributed by atoms with E-state index in [1.165, 1.54) is 0 Å². The van der Waals surface area contributed by atoms with Crippen molar-refractivity contribution in [2.75, 3.05) is 33.0 Å². The van der Waals surface area contributed by atoms with E-state index in [1.54, 1.807) is 6.92 Å². The summed E-state index contributed by atoms with van der Waals surface area (Å²) >= 11 is 0. The van der Waals surface area contributed by atoms with Crippen LogP contribution in [0.25, 0.3) is 0 Å². The first kappa shape index (κ1) is 34.6. The van der Waals surface area contributed by atoms with Gasteiger partial charge in [-0.3, -0.25) is 0 Å². The van der Waals surface area contributed by atoms with Crippen molar-refractivity contribution >= 4 is 0 Å². The molecule has 17 nitrogen and oxygen atoms in total. The summed E-state index contributed by atoms with van der Waals surface area (Å²) in [5.41, 5.74) is 0. The normalized spacial score (nSPS) is 50.8. The summed E-state index contributed by atoms with van der Waals surface area (Å²) in [6.07, 6.45) is -18.5. The van der Waals surface area contributed by atoms with E-state index in [0.29, 0.717) is 19.6 Å². The third-order valence-corrected chi connectivity index (χ3v) is 8.61. The molecule has 0 unspecified atom stereocenters. The Labute approximate surface area is 254 Å². The van der Waals surface area contributed by atoms with Crippen molar-refractivity contribution < 1.29 is 83.5 Å². The molecule has 0 aromatic carbocycles. The van der Waals surface area contributed by atoms with Gasteiger partial charge >= 0.3 is 0 Å². The van der Waals surface area contributed by atoms with E-state index in [-0.39, 0.29) is 32.2 Å². The molecule has 5 aliphatic rings. The van der Waals surface area contributed by atoms with Crippen molar-refractivity contribution in [3.8, 4) is 0 Å². The van der Waals surface area contributed by atoms with Gasteiger partial charge < -0.3 is 83.5 Å². The van der Waals surface area contributed by atoms with E-state index in [2.05, 4.69) is 0 Å². The van der Waals surface area contributed by atoms with E-state index in [4.69, 9.17) is 42.6 Å². The molecular formula is C27H46O17. The molecule has 17 heteroatoms. The molecule has 5 saturated heterocycles. The third-order valence-electron chi connectivity index (χ3n) is 8.61. The van der Waals surface area contributed by atoms with Crippen molar-refractivity contribution in [1.29, 1.82) is 0 Å². The van der Waals surface area contributed by atoms with Crippen LogP contribution < -0.4 is 0 Å². The average Bonchev–Trinajstić information content (AvgIpc) is 3.01. The number of aliphatic hydroxyl groups excluding tert-OH is 8. The predicted octanol–water partition coefficient (Wildman–Crippen LogP) is -4.18. The molecule has 5 aliphatic heterocycles. The van der Waals surface area contributed by atoms with Gasteiger partial charge in [0.05, 0.1) is 50.8 Å². The zero-order valence-electron chi connectivity index (χ0n) is 24.4. The highest BCUT2D eigenvalue weighted by atomic mass is 16.8. The highest BCUT2D eigenvalue weighted by molar-refractivity contribution is 4.95. The molecule has 0 aromatic rings. The van der Waals surface area contributed by atoms with Crippen molar-refractivity contribution in [3.05, 3.63) is 0 Å². The largest absolute Gasteiger partial charge is 0.394 e. The van der Waals surface area contributed by atoms with E-state index in [0.717, 1.165) is 6.42 Å². The van der Waals surface area contributed by atoms with Crippen LogP contribution in [0, 0.1) is 0 Å². The topological polar surface area (TPSA) is 245 Å². The van der Waals surface area contributed by atoms with E-state index >= 15 is 0 Å². The Bertz CT molecular complexity index is 877. The smallest absolute Gasteiger partial charge is 0.187 e. The minimum Gasteiger partial charge on any atom is -0.394 e. The maximum Gasteiger partial charge on any atom is 0.187 e. The molecule has 0 radical (unpaired) electrons. The fraction of sp³-hybridized carbons (Fsp3) is 1.00. The number of hydrogen-bond acceptors (Lipinski definition) is 17. The molecule has 256 valence electrons. The molecule has 17 atom stereocenters. The van der Waals surface area contributed by atoms with E-state index < -0.39 is 105 Å². The molecule has 5 fully saturated rings. The Morgan fingerprint density at radius 1 is 0.659 bits per heavy atom. The third kappa shape index (κ3) is 8.06. The molecule has 0 aliphatic carbocycles. The lowest BCUT2D eigenvalue weighted by Crippen LogP contribution is -2.65. The second-order valence-corrected chi connectivity index (χ2v) is 11.9.